The van der Waals surface area contributed by atoms with E-state index in [1.807, 2.05) is 6.92 Å². The van der Waals surface area contributed by atoms with Crippen molar-refractivity contribution in [2.24, 2.45) is 11.8 Å². The first-order valence-corrected chi connectivity index (χ1v) is 7.39. The molecule has 2 N–H and O–H groups in total. The third kappa shape index (κ3) is 4.59. The van der Waals surface area contributed by atoms with Gasteiger partial charge in [-0.1, -0.05) is 18.5 Å². The number of hydrogen-bond acceptors (Lipinski definition) is 5. The Morgan fingerprint density at radius 2 is 2.00 bits per heavy atom. The van der Waals surface area contributed by atoms with Crippen LogP contribution in [0.5, 0.6) is 5.75 Å². The third-order valence-electron chi connectivity index (χ3n) is 3.48. The van der Waals surface area contributed by atoms with E-state index in [4.69, 9.17) is 21.1 Å². The van der Waals surface area contributed by atoms with Crippen LogP contribution in [0.25, 0.3) is 0 Å². The van der Waals surface area contributed by atoms with E-state index in [0.717, 1.165) is 6.42 Å². The first kappa shape index (κ1) is 17.1. The van der Waals surface area contributed by atoms with E-state index >= 15 is 0 Å². The van der Waals surface area contributed by atoms with Crippen LogP contribution in [0.4, 0.5) is 0 Å². The Kier molecular flexibility index (Phi) is 5.44. The molecular weight excluding hydrogens is 324 g/mol. The molecule has 0 heterocycles. The summed E-state index contributed by atoms with van der Waals surface area (Å²) < 4.78 is 9.90. The highest BCUT2D eigenvalue weighted by atomic mass is 35.5. The summed E-state index contributed by atoms with van der Waals surface area (Å²) in [6, 6.07) is 4.53. The summed E-state index contributed by atoms with van der Waals surface area (Å²) in [7, 11) is 1.41. The standard InChI is InChI=1S/C15H17ClN2O5/c1-8-5-10(8)15(21)23-7-13(19)17-18-14(20)11-6-9(16)3-4-12(11)22-2/h3-4,6,8,10H,5,7H2,1-2H3,(H,17,19)(H,18,20)/t8-,10+/m1/s1. The zero-order valence-electron chi connectivity index (χ0n) is 12.7. The smallest absolute Gasteiger partial charge is 0.309 e. The number of carbonyl (C=O) groups excluding carboxylic acids is 3. The molecule has 0 aromatic heterocycles. The van der Waals surface area contributed by atoms with Crippen molar-refractivity contribution < 1.29 is 23.9 Å². The summed E-state index contributed by atoms with van der Waals surface area (Å²) in [6.45, 7) is 1.49. The molecule has 0 aliphatic heterocycles. The van der Waals surface area contributed by atoms with Gasteiger partial charge in [0, 0.05) is 5.02 Å². The van der Waals surface area contributed by atoms with Crippen molar-refractivity contribution in [2.75, 3.05) is 13.7 Å². The molecule has 1 aromatic carbocycles. The van der Waals surface area contributed by atoms with Gasteiger partial charge < -0.3 is 9.47 Å². The molecule has 0 unspecified atom stereocenters. The number of amides is 2. The van der Waals surface area contributed by atoms with Crippen LogP contribution in [0, 0.1) is 11.8 Å². The Morgan fingerprint density at radius 1 is 1.30 bits per heavy atom. The largest absolute Gasteiger partial charge is 0.496 e. The highest BCUT2D eigenvalue weighted by Gasteiger charge is 2.40. The van der Waals surface area contributed by atoms with Gasteiger partial charge in [-0.25, -0.2) is 0 Å². The summed E-state index contributed by atoms with van der Waals surface area (Å²) in [5.41, 5.74) is 4.54. The molecule has 2 amide bonds. The van der Waals surface area contributed by atoms with E-state index in [2.05, 4.69) is 10.9 Å². The zero-order valence-corrected chi connectivity index (χ0v) is 13.5. The SMILES string of the molecule is COc1ccc(Cl)cc1C(=O)NNC(=O)COC(=O)[C@H]1C[C@H]1C. The molecule has 1 fully saturated rings. The maximum absolute atomic E-state index is 12.0. The monoisotopic (exact) mass is 340 g/mol. The van der Waals surface area contributed by atoms with Crippen molar-refractivity contribution in [3.8, 4) is 5.75 Å². The van der Waals surface area contributed by atoms with Crippen LogP contribution in [0.15, 0.2) is 18.2 Å². The Balaban J connectivity index is 1.80. The highest BCUT2D eigenvalue weighted by molar-refractivity contribution is 6.31. The van der Waals surface area contributed by atoms with Crippen molar-refractivity contribution in [3.05, 3.63) is 28.8 Å². The molecule has 124 valence electrons. The predicted molar refractivity (Wildman–Crippen MR) is 81.8 cm³/mol. The van der Waals surface area contributed by atoms with Gasteiger partial charge in [0.2, 0.25) is 0 Å². The molecule has 2 atom stereocenters. The second-order valence-electron chi connectivity index (χ2n) is 5.27. The zero-order chi connectivity index (χ0) is 17.0. The van der Waals surface area contributed by atoms with E-state index in [0.29, 0.717) is 16.7 Å². The number of esters is 1. The first-order valence-electron chi connectivity index (χ1n) is 7.01. The van der Waals surface area contributed by atoms with Gasteiger partial charge in [-0.15, -0.1) is 0 Å². The number of nitrogens with one attached hydrogen (secondary N) is 2. The minimum Gasteiger partial charge on any atom is -0.496 e. The Hall–Kier alpha value is -2.28. The Morgan fingerprint density at radius 3 is 2.61 bits per heavy atom. The molecule has 0 saturated heterocycles. The summed E-state index contributed by atoms with van der Waals surface area (Å²) >= 11 is 5.83. The van der Waals surface area contributed by atoms with Gasteiger partial charge in [0.25, 0.3) is 11.8 Å². The van der Waals surface area contributed by atoms with Gasteiger partial charge in [0.1, 0.15) is 5.75 Å². The fourth-order valence-corrected chi connectivity index (χ4v) is 2.15. The molecule has 1 aliphatic carbocycles. The molecule has 0 radical (unpaired) electrons. The van der Waals surface area contributed by atoms with Crippen LogP contribution in [0.1, 0.15) is 23.7 Å². The fraction of sp³-hybridized carbons (Fsp3) is 0.400. The normalized spacial score (nSPS) is 18.7. The van der Waals surface area contributed by atoms with Crippen molar-refractivity contribution in [1.29, 1.82) is 0 Å². The number of rotatable bonds is 5. The fourth-order valence-electron chi connectivity index (χ4n) is 1.98. The van der Waals surface area contributed by atoms with Crippen molar-refractivity contribution >= 4 is 29.4 Å². The quantitative estimate of drug-likeness (QED) is 0.622. The van der Waals surface area contributed by atoms with Crippen LogP contribution in [0.2, 0.25) is 5.02 Å². The highest BCUT2D eigenvalue weighted by Crippen LogP contribution is 2.38. The molecule has 0 spiro atoms. The van der Waals surface area contributed by atoms with Crippen molar-refractivity contribution in [1.82, 2.24) is 10.9 Å². The lowest BCUT2D eigenvalue weighted by atomic mass is 10.2. The van der Waals surface area contributed by atoms with Crippen LogP contribution in [0.3, 0.4) is 0 Å². The lowest BCUT2D eigenvalue weighted by Crippen LogP contribution is -2.43. The Bertz CT molecular complexity index is 634. The van der Waals surface area contributed by atoms with Gasteiger partial charge in [0.05, 0.1) is 18.6 Å². The second-order valence-corrected chi connectivity index (χ2v) is 5.71. The molecule has 1 saturated carbocycles. The summed E-state index contributed by atoms with van der Waals surface area (Å²) in [5, 5.41) is 0.356. The van der Waals surface area contributed by atoms with Gasteiger partial charge >= 0.3 is 5.97 Å². The number of carbonyl (C=O) groups is 3. The molecule has 7 nitrogen and oxygen atoms in total. The maximum Gasteiger partial charge on any atom is 0.309 e. The minimum atomic E-state index is -0.638. The lowest BCUT2D eigenvalue weighted by molar-refractivity contribution is -0.150. The molecule has 0 bridgehead atoms. The van der Waals surface area contributed by atoms with Crippen LogP contribution in [-0.2, 0) is 14.3 Å². The first-order chi connectivity index (χ1) is 10.9. The average Bonchev–Trinajstić information content (AvgIpc) is 3.27. The van der Waals surface area contributed by atoms with E-state index in [1.54, 1.807) is 6.07 Å². The van der Waals surface area contributed by atoms with E-state index in [1.165, 1.54) is 19.2 Å². The molecule has 1 aromatic rings. The number of methoxy groups -OCH3 is 1. The predicted octanol–water partition coefficient (Wildman–Crippen LogP) is 1.31. The summed E-state index contributed by atoms with van der Waals surface area (Å²) in [5.74, 6) is -1.12. The average molecular weight is 341 g/mol. The van der Waals surface area contributed by atoms with E-state index < -0.39 is 24.4 Å². The number of benzene rings is 1. The number of hydrazine groups is 1. The van der Waals surface area contributed by atoms with Gasteiger partial charge in [-0.2, -0.15) is 0 Å². The van der Waals surface area contributed by atoms with Gasteiger partial charge in [0.15, 0.2) is 6.61 Å². The second kappa shape index (κ2) is 7.32. The van der Waals surface area contributed by atoms with Gasteiger partial charge in [-0.05, 0) is 30.5 Å². The van der Waals surface area contributed by atoms with E-state index in [9.17, 15) is 14.4 Å². The molecule has 2 rings (SSSR count). The topological polar surface area (TPSA) is 93.7 Å². The van der Waals surface area contributed by atoms with Crippen molar-refractivity contribution in [3.63, 3.8) is 0 Å². The van der Waals surface area contributed by atoms with Gasteiger partial charge in [-0.3, -0.25) is 25.2 Å². The molecular formula is C15H17ClN2O5. The van der Waals surface area contributed by atoms with Crippen molar-refractivity contribution in [2.45, 2.75) is 13.3 Å². The lowest BCUT2D eigenvalue weighted by Gasteiger charge is -2.11. The van der Waals surface area contributed by atoms with Crippen LogP contribution in [-0.4, -0.2) is 31.5 Å². The molecule has 1 aliphatic rings. The summed E-state index contributed by atoms with van der Waals surface area (Å²) in [4.78, 5) is 35.1. The molecule has 23 heavy (non-hydrogen) atoms. The Labute approximate surface area is 138 Å². The van der Waals surface area contributed by atoms with E-state index in [-0.39, 0.29) is 11.5 Å². The number of halogens is 1. The number of ether oxygens (including phenoxy) is 2. The summed E-state index contributed by atoms with van der Waals surface area (Å²) in [6.07, 6.45) is 0.783. The van der Waals surface area contributed by atoms with Crippen LogP contribution < -0.4 is 15.6 Å². The number of hydrogen-bond donors (Lipinski definition) is 2. The maximum atomic E-state index is 12.0. The minimum absolute atomic E-state index is 0.117. The third-order valence-corrected chi connectivity index (χ3v) is 3.71. The molecule has 8 heteroatoms. The van der Waals surface area contributed by atoms with Crippen LogP contribution >= 0.6 is 11.6 Å².